The first-order valence-corrected chi connectivity index (χ1v) is 12.5. The lowest BCUT2D eigenvalue weighted by molar-refractivity contribution is -0.114. The lowest BCUT2D eigenvalue weighted by Crippen LogP contribution is -2.36. The molecule has 2 heterocycles. The zero-order valence-corrected chi connectivity index (χ0v) is 19.1. The summed E-state index contributed by atoms with van der Waals surface area (Å²) in [6.45, 7) is 2.31. The molecule has 1 aromatic heterocycles. The number of hydrogen-bond acceptors (Lipinski definition) is 5. The van der Waals surface area contributed by atoms with Gasteiger partial charge in [-0.3, -0.25) is 9.59 Å². The van der Waals surface area contributed by atoms with E-state index in [1.54, 1.807) is 23.6 Å². The molecule has 0 spiro atoms. The van der Waals surface area contributed by atoms with Crippen LogP contribution in [0.5, 0.6) is 0 Å². The van der Waals surface area contributed by atoms with Gasteiger partial charge < -0.3 is 10.6 Å². The summed E-state index contributed by atoms with van der Waals surface area (Å²) in [5, 5.41) is 7.11. The van der Waals surface area contributed by atoms with Gasteiger partial charge in [-0.05, 0) is 46.7 Å². The third-order valence-corrected chi connectivity index (χ3v) is 8.18. The van der Waals surface area contributed by atoms with Crippen LogP contribution in [-0.2, 0) is 34.3 Å². The van der Waals surface area contributed by atoms with Crippen molar-refractivity contribution in [3.63, 3.8) is 0 Å². The number of benzene rings is 2. The Hall–Kier alpha value is -3.01. The van der Waals surface area contributed by atoms with E-state index in [2.05, 4.69) is 10.6 Å². The number of nitrogens with one attached hydrogen (secondary N) is 2. The molecule has 0 saturated heterocycles. The minimum Gasteiger partial charge on any atom is -0.347 e. The van der Waals surface area contributed by atoms with Crippen LogP contribution in [0.2, 0.25) is 0 Å². The van der Waals surface area contributed by atoms with Gasteiger partial charge in [0, 0.05) is 32.2 Å². The molecule has 0 aliphatic carbocycles. The maximum Gasteiger partial charge on any atom is 0.263 e. The van der Waals surface area contributed by atoms with Crippen LogP contribution in [0.15, 0.2) is 64.9 Å². The molecule has 0 atom stereocenters. The van der Waals surface area contributed by atoms with E-state index in [-0.39, 0.29) is 22.2 Å². The standard InChI is InChI=1S/C23H23N3O4S2/c1-16(27)25-20-8-4-5-17(13-20)14-24-23(28)22-21(10-12-31-22)32(29,30)26-11-9-18-6-2-3-7-19(18)15-26/h2-8,10,12-13H,9,11,14-15H2,1H3,(H,24,28)(H,25,27). The van der Waals surface area contributed by atoms with Crippen molar-refractivity contribution < 1.29 is 18.0 Å². The van der Waals surface area contributed by atoms with E-state index >= 15 is 0 Å². The van der Waals surface area contributed by atoms with E-state index in [0.29, 0.717) is 25.2 Å². The van der Waals surface area contributed by atoms with Crippen LogP contribution < -0.4 is 10.6 Å². The van der Waals surface area contributed by atoms with E-state index in [4.69, 9.17) is 0 Å². The summed E-state index contributed by atoms with van der Waals surface area (Å²) in [6, 6.07) is 16.4. The number of anilines is 1. The fourth-order valence-electron chi connectivity index (χ4n) is 3.71. The second-order valence-corrected chi connectivity index (χ2v) is 10.4. The number of thiophene rings is 1. The number of carbonyl (C=O) groups excluding carboxylic acids is 2. The molecule has 0 radical (unpaired) electrons. The molecule has 0 fully saturated rings. The molecule has 1 aliphatic heterocycles. The molecule has 1 aliphatic rings. The summed E-state index contributed by atoms with van der Waals surface area (Å²) >= 11 is 1.11. The van der Waals surface area contributed by atoms with Crippen molar-refractivity contribution in [3.05, 3.63) is 81.5 Å². The van der Waals surface area contributed by atoms with Gasteiger partial charge >= 0.3 is 0 Å². The summed E-state index contributed by atoms with van der Waals surface area (Å²) in [6.07, 6.45) is 0.645. The van der Waals surface area contributed by atoms with Gasteiger partial charge in [-0.15, -0.1) is 11.3 Å². The Morgan fingerprint density at radius 2 is 1.84 bits per heavy atom. The second-order valence-electron chi connectivity index (χ2n) is 7.54. The van der Waals surface area contributed by atoms with Gasteiger partial charge in [0.05, 0.1) is 0 Å². The van der Waals surface area contributed by atoms with Crippen molar-refractivity contribution in [1.82, 2.24) is 9.62 Å². The highest BCUT2D eigenvalue weighted by Crippen LogP contribution is 2.29. The topological polar surface area (TPSA) is 95.6 Å². The Morgan fingerprint density at radius 3 is 2.62 bits per heavy atom. The molecule has 3 aromatic rings. The van der Waals surface area contributed by atoms with Gasteiger partial charge in [0.15, 0.2) is 0 Å². The van der Waals surface area contributed by atoms with E-state index in [0.717, 1.165) is 28.0 Å². The summed E-state index contributed by atoms with van der Waals surface area (Å²) in [4.78, 5) is 24.3. The number of hydrogen-bond donors (Lipinski definition) is 2. The van der Waals surface area contributed by atoms with Gasteiger partial charge in [0.2, 0.25) is 15.9 Å². The number of sulfonamides is 1. The van der Waals surface area contributed by atoms with Gasteiger partial charge in [-0.1, -0.05) is 36.4 Å². The fraction of sp³-hybridized carbons (Fsp3) is 0.217. The number of nitrogens with zero attached hydrogens (tertiary/aromatic N) is 1. The summed E-state index contributed by atoms with van der Waals surface area (Å²) in [5.41, 5.74) is 3.57. The smallest absolute Gasteiger partial charge is 0.263 e. The highest BCUT2D eigenvalue weighted by molar-refractivity contribution is 7.89. The average molecular weight is 470 g/mol. The van der Waals surface area contributed by atoms with Gasteiger partial charge in [-0.25, -0.2) is 8.42 Å². The van der Waals surface area contributed by atoms with Crippen LogP contribution in [0.1, 0.15) is 33.3 Å². The number of rotatable bonds is 6. The number of amides is 2. The summed E-state index contributed by atoms with van der Waals surface area (Å²) in [5.74, 6) is -0.624. The number of carbonyl (C=O) groups is 2. The first kappa shape index (κ1) is 22.2. The molecule has 4 rings (SSSR count). The van der Waals surface area contributed by atoms with Crippen LogP contribution in [0.25, 0.3) is 0 Å². The molecule has 0 saturated carbocycles. The van der Waals surface area contributed by atoms with Crippen LogP contribution in [0, 0.1) is 0 Å². The first-order valence-electron chi connectivity index (χ1n) is 10.1. The Morgan fingerprint density at radius 1 is 1.06 bits per heavy atom. The Labute approximate surface area is 191 Å². The predicted octanol–water partition coefficient (Wildman–Crippen LogP) is 3.38. The van der Waals surface area contributed by atoms with E-state index in [9.17, 15) is 18.0 Å². The molecule has 166 valence electrons. The molecule has 7 nitrogen and oxygen atoms in total. The normalized spacial score (nSPS) is 13.9. The maximum absolute atomic E-state index is 13.3. The minimum atomic E-state index is -3.80. The highest BCUT2D eigenvalue weighted by Gasteiger charge is 2.32. The lowest BCUT2D eigenvalue weighted by atomic mass is 10.0. The first-order chi connectivity index (χ1) is 15.3. The predicted molar refractivity (Wildman–Crippen MR) is 124 cm³/mol. The van der Waals surface area contributed by atoms with Crippen molar-refractivity contribution in [3.8, 4) is 0 Å². The fourth-order valence-corrected chi connectivity index (χ4v) is 6.44. The molecule has 32 heavy (non-hydrogen) atoms. The Balaban J connectivity index is 1.48. The quantitative estimate of drug-likeness (QED) is 0.579. The molecule has 2 amide bonds. The van der Waals surface area contributed by atoms with Crippen LogP contribution in [-0.4, -0.2) is 31.1 Å². The third kappa shape index (κ3) is 4.74. The maximum atomic E-state index is 13.3. The van der Waals surface area contributed by atoms with Crippen molar-refractivity contribution >= 4 is 38.9 Å². The van der Waals surface area contributed by atoms with Crippen molar-refractivity contribution in [1.29, 1.82) is 0 Å². The van der Waals surface area contributed by atoms with Crippen LogP contribution in [0.3, 0.4) is 0 Å². The Kier molecular flexibility index (Phi) is 6.40. The zero-order valence-electron chi connectivity index (χ0n) is 17.5. The molecule has 0 bridgehead atoms. The van der Waals surface area contributed by atoms with E-state index in [1.807, 2.05) is 30.3 Å². The van der Waals surface area contributed by atoms with Crippen molar-refractivity contribution in [2.45, 2.75) is 31.3 Å². The third-order valence-electron chi connectivity index (χ3n) is 5.25. The van der Waals surface area contributed by atoms with E-state index in [1.165, 1.54) is 17.3 Å². The van der Waals surface area contributed by atoms with Gasteiger partial charge in [-0.2, -0.15) is 4.31 Å². The molecular weight excluding hydrogens is 446 g/mol. The molecule has 9 heteroatoms. The zero-order chi connectivity index (χ0) is 22.7. The average Bonchev–Trinajstić information content (AvgIpc) is 3.28. The minimum absolute atomic E-state index is 0.0337. The summed E-state index contributed by atoms with van der Waals surface area (Å²) < 4.78 is 28.1. The molecule has 2 N–H and O–H groups in total. The van der Waals surface area contributed by atoms with Crippen molar-refractivity contribution in [2.24, 2.45) is 0 Å². The number of fused-ring (bicyclic) bond motifs is 1. The molecule has 0 unspecified atom stereocenters. The lowest BCUT2D eigenvalue weighted by Gasteiger charge is -2.28. The van der Waals surface area contributed by atoms with E-state index < -0.39 is 15.9 Å². The van der Waals surface area contributed by atoms with Crippen LogP contribution in [0.4, 0.5) is 5.69 Å². The molecular formula is C23H23N3O4S2. The van der Waals surface area contributed by atoms with Gasteiger partial charge in [0.1, 0.15) is 9.77 Å². The second kappa shape index (κ2) is 9.23. The Bertz CT molecular complexity index is 1270. The van der Waals surface area contributed by atoms with Crippen molar-refractivity contribution in [2.75, 3.05) is 11.9 Å². The highest BCUT2D eigenvalue weighted by atomic mass is 32.2. The largest absolute Gasteiger partial charge is 0.347 e. The molecule has 2 aromatic carbocycles. The monoisotopic (exact) mass is 469 g/mol. The van der Waals surface area contributed by atoms with Gasteiger partial charge in [0.25, 0.3) is 5.91 Å². The summed E-state index contributed by atoms with van der Waals surface area (Å²) in [7, 11) is -3.80. The van der Waals surface area contributed by atoms with Crippen LogP contribution >= 0.6 is 11.3 Å². The SMILES string of the molecule is CC(=O)Nc1cccc(CNC(=O)c2sccc2S(=O)(=O)N2CCc3ccccc3C2)c1.